The molecule has 2 aromatic carbocycles. The Hall–Kier alpha value is -2.68. The van der Waals surface area contributed by atoms with Crippen molar-refractivity contribution in [3.8, 4) is 0 Å². The summed E-state index contributed by atoms with van der Waals surface area (Å²) in [6.07, 6.45) is 3.78. The first-order valence-electron chi connectivity index (χ1n) is 9.14. The smallest absolute Gasteiger partial charge is 0.250 e. The topological polar surface area (TPSA) is 84.0 Å². The predicted molar refractivity (Wildman–Crippen MR) is 124 cm³/mol. The summed E-state index contributed by atoms with van der Waals surface area (Å²) in [6, 6.07) is 16.5. The average Bonchev–Trinajstić information content (AvgIpc) is 3.19. The van der Waals surface area contributed by atoms with Gasteiger partial charge in [-0.25, -0.2) is 0 Å². The molecule has 1 atom stereocenters. The first kappa shape index (κ1) is 22.0. The number of nitrogens with one attached hydrogen (secondary N) is 2. The Kier molecular flexibility index (Phi) is 8.01. The molecule has 0 fully saturated rings. The van der Waals surface area contributed by atoms with E-state index < -0.39 is 0 Å². The van der Waals surface area contributed by atoms with E-state index in [0.717, 1.165) is 5.56 Å². The number of carbonyl (C=O) groups is 2. The number of nitrogens with zero attached hydrogens (tertiary/aromatic N) is 2. The molecule has 0 spiro atoms. The van der Waals surface area contributed by atoms with E-state index in [-0.39, 0.29) is 17.1 Å². The van der Waals surface area contributed by atoms with Crippen molar-refractivity contribution in [3.05, 3.63) is 71.3 Å². The van der Waals surface area contributed by atoms with Crippen molar-refractivity contribution in [2.75, 3.05) is 10.6 Å². The third-order valence-corrected chi connectivity index (χ3v) is 6.42. The molecule has 6 nitrogen and oxygen atoms in total. The number of halogens is 1. The van der Waals surface area contributed by atoms with E-state index in [1.807, 2.05) is 37.3 Å². The number of thioether (sulfide) groups is 1. The van der Waals surface area contributed by atoms with E-state index in [9.17, 15) is 9.59 Å². The summed E-state index contributed by atoms with van der Waals surface area (Å²) in [5.74, 6) is -0.421. The van der Waals surface area contributed by atoms with Crippen LogP contribution in [0, 0.1) is 0 Å². The first-order chi connectivity index (χ1) is 14.5. The van der Waals surface area contributed by atoms with Crippen molar-refractivity contribution in [2.24, 2.45) is 0 Å². The van der Waals surface area contributed by atoms with Gasteiger partial charge in [-0.1, -0.05) is 72.0 Å². The average molecular weight is 459 g/mol. The van der Waals surface area contributed by atoms with Gasteiger partial charge in [0.2, 0.25) is 16.9 Å². The Bertz CT molecular complexity index is 1020. The number of hydrogen-bond donors (Lipinski definition) is 2. The quantitative estimate of drug-likeness (QED) is 0.270. The SMILES string of the molecule is CC[C@@H](Sc1nnc(NC(=O)/C=C/c2ccccc2)s1)C(=O)Nc1ccc(Cl)cc1. The van der Waals surface area contributed by atoms with Crippen molar-refractivity contribution < 1.29 is 9.59 Å². The molecule has 9 heteroatoms. The van der Waals surface area contributed by atoms with E-state index >= 15 is 0 Å². The second-order valence-corrected chi connectivity index (χ2v) is 8.98. The Morgan fingerprint density at radius 1 is 1.10 bits per heavy atom. The van der Waals surface area contributed by atoms with Crippen LogP contribution < -0.4 is 10.6 Å². The highest BCUT2D eigenvalue weighted by Gasteiger charge is 2.20. The zero-order chi connectivity index (χ0) is 21.3. The highest BCUT2D eigenvalue weighted by molar-refractivity contribution is 8.02. The molecule has 1 aromatic heterocycles. The molecule has 0 saturated heterocycles. The minimum absolute atomic E-state index is 0.128. The Morgan fingerprint density at radius 2 is 1.83 bits per heavy atom. The van der Waals surface area contributed by atoms with Crippen molar-refractivity contribution in [1.29, 1.82) is 0 Å². The molecule has 0 aliphatic heterocycles. The Labute approximate surface area is 187 Å². The van der Waals surface area contributed by atoms with E-state index in [4.69, 9.17) is 11.6 Å². The van der Waals surface area contributed by atoms with Crippen LogP contribution in [0.2, 0.25) is 5.02 Å². The molecule has 1 heterocycles. The standard InChI is InChI=1S/C21H19ClN4O2S2/c1-2-17(19(28)23-16-11-9-15(22)10-12-16)29-21-26-25-20(30-21)24-18(27)13-8-14-6-4-3-5-7-14/h3-13,17H,2H2,1H3,(H,23,28)(H,24,25,27)/b13-8+/t17-/m1/s1. The summed E-state index contributed by atoms with van der Waals surface area (Å²) in [4.78, 5) is 24.6. The van der Waals surface area contributed by atoms with Gasteiger partial charge in [0.15, 0.2) is 4.34 Å². The van der Waals surface area contributed by atoms with Gasteiger partial charge in [0.05, 0.1) is 5.25 Å². The fourth-order valence-electron chi connectivity index (χ4n) is 2.39. The molecule has 0 aliphatic rings. The molecule has 2 N–H and O–H groups in total. The fourth-order valence-corrected chi connectivity index (χ4v) is 4.44. The van der Waals surface area contributed by atoms with Gasteiger partial charge in [0.1, 0.15) is 0 Å². The van der Waals surface area contributed by atoms with Gasteiger partial charge in [-0.15, -0.1) is 10.2 Å². The summed E-state index contributed by atoms with van der Waals surface area (Å²) >= 11 is 8.41. The van der Waals surface area contributed by atoms with Gasteiger partial charge in [-0.2, -0.15) is 0 Å². The molecular weight excluding hydrogens is 440 g/mol. The number of amides is 2. The van der Waals surface area contributed by atoms with E-state index in [1.54, 1.807) is 30.3 Å². The maximum atomic E-state index is 12.6. The summed E-state index contributed by atoms with van der Waals surface area (Å²) in [5.41, 5.74) is 1.61. The second kappa shape index (κ2) is 10.9. The van der Waals surface area contributed by atoms with E-state index in [2.05, 4.69) is 20.8 Å². The maximum Gasteiger partial charge on any atom is 0.250 e. The maximum absolute atomic E-state index is 12.6. The van der Waals surface area contributed by atoms with Gasteiger partial charge in [-0.05, 0) is 42.3 Å². The second-order valence-electron chi connectivity index (χ2n) is 6.12. The van der Waals surface area contributed by atoms with Gasteiger partial charge >= 0.3 is 0 Å². The molecule has 30 heavy (non-hydrogen) atoms. The van der Waals surface area contributed by atoms with Crippen LogP contribution in [-0.4, -0.2) is 27.3 Å². The molecule has 3 aromatic rings. The van der Waals surface area contributed by atoms with Crippen LogP contribution >= 0.6 is 34.7 Å². The molecule has 3 rings (SSSR count). The number of anilines is 2. The molecule has 0 bridgehead atoms. The molecule has 154 valence electrons. The van der Waals surface area contributed by atoms with Crippen molar-refractivity contribution >= 4 is 63.4 Å². The number of hydrogen-bond acceptors (Lipinski definition) is 6. The fraction of sp³-hybridized carbons (Fsp3) is 0.143. The lowest BCUT2D eigenvalue weighted by atomic mass is 10.2. The van der Waals surface area contributed by atoms with E-state index in [0.29, 0.717) is 26.6 Å². The van der Waals surface area contributed by atoms with Crippen LogP contribution in [0.5, 0.6) is 0 Å². The minimum Gasteiger partial charge on any atom is -0.325 e. The van der Waals surface area contributed by atoms with Crippen LogP contribution in [0.25, 0.3) is 6.08 Å². The number of carbonyl (C=O) groups excluding carboxylic acids is 2. The van der Waals surface area contributed by atoms with Crippen LogP contribution in [0.4, 0.5) is 10.8 Å². The Morgan fingerprint density at radius 3 is 2.53 bits per heavy atom. The third-order valence-electron chi connectivity index (χ3n) is 3.88. The largest absolute Gasteiger partial charge is 0.325 e. The lowest BCUT2D eigenvalue weighted by Crippen LogP contribution is -2.24. The van der Waals surface area contributed by atoms with Gasteiger partial charge in [0.25, 0.3) is 0 Å². The number of benzene rings is 2. The van der Waals surface area contributed by atoms with Gasteiger partial charge in [0, 0.05) is 16.8 Å². The lowest BCUT2D eigenvalue weighted by molar-refractivity contribution is -0.115. The number of rotatable bonds is 8. The zero-order valence-electron chi connectivity index (χ0n) is 16.0. The highest BCUT2D eigenvalue weighted by Crippen LogP contribution is 2.31. The molecule has 0 saturated carbocycles. The van der Waals surface area contributed by atoms with Crippen LogP contribution in [0.3, 0.4) is 0 Å². The van der Waals surface area contributed by atoms with Crippen molar-refractivity contribution in [2.45, 2.75) is 22.9 Å². The minimum atomic E-state index is -0.338. The monoisotopic (exact) mass is 458 g/mol. The summed E-state index contributed by atoms with van der Waals surface area (Å²) in [7, 11) is 0. The summed E-state index contributed by atoms with van der Waals surface area (Å²) < 4.78 is 0.607. The normalized spacial score (nSPS) is 11.9. The summed E-state index contributed by atoms with van der Waals surface area (Å²) in [5, 5.41) is 14.3. The van der Waals surface area contributed by atoms with Gasteiger partial charge < -0.3 is 5.32 Å². The lowest BCUT2D eigenvalue weighted by Gasteiger charge is -2.13. The zero-order valence-corrected chi connectivity index (χ0v) is 18.4. The van der Waals surface area contributed by atoms with Crippen LogP contribution in [0.15, 0.2) is 65.0 Å². The summed E-state index contributed by atoms with van der Waals surface area (Å²) in [6.45, 7) is 1.93. The van der Waals surface area contributed by atoms with Crippen molar-refractivity contribution in [1.82, 2.24) is 10.2 Å². The molecule has 2 amide bonds. The first-order valence-corrected chi connectivity index (χ1v) is 11.2. The van der Waals surface area contributed by atoms with Crippen molar-refractivity contribution in [3.63, 3.8) is 0 Å². The van der Waals surface area contributed by atoms with Crippen LogP contribution in [-0.2, 0) is 9.59 Å². The molecule has 0 aliphatic carbocycles. The highest BCUT2D eigenvalue weighted by atomic mass is 35.5. The molecule has 0 unspecified atom stereocenters. The van der Waals surface area contributed by atoms with Crippen LogP contribution in [0.1, 0.15) is 18.9 Å². The molecule has 0 radical (unpaired) electrons. The van der Waals surface area contributed by atoms with Gasteiger partial charge in [-0.3, -0.25) is 14.9 Å². The number of aromatic nitrogens is 2. The van der Waals surface area contributed by atoms with E-state index in [1.165, 1.54) is 29.2 Å². The Balaban J connectivity index is 1.55. The molecular formula is C21H19ClN4O2S2. The predicted octanol–water partition coefficient (Wildman–Crippen LogP) is 5.35. The third kappa shape index (κ3) is 6.69.